The highest BCUT2D eigenvalue weighted by Gasteiger charge is 2.53. The van der Waals surface area contributed by atoms with Gasteiger partial charge in [-0.1, -0.05) is 6.92 Å². The molecule has 2 bridgehead atoms. The van der Waals surface area contributed by atoms with Gasteiger partial charge < -0.3 is 10.2 Å². The number of rotatable bonds is 2. The van der Waals surface area contributed by atoms with E-state index in [1.54, 1.807) is 0 Å². The maximum atomic E-state index is 11.1. The van der Waals surface area contributed by atoms with E-state index >= 15 is 0 Å². The first-order valence-corrected chi connectivity index (χ1v) is 5.48. The molecule has 3 saturated carbocycles. The smallest absolute Gasteiger partial charge is 0.307 e. The van der Waals surface area contributed by atoms with E-state index < -0.39 is 23.8 Å². The lowest BCUT2D eigenvalue weighted by Crippen LogP contribution is -2.50. The van der Waals surface area contributed by atoms with Crippen molar-refractivity contribution in [3.63, 3.8) is 0 Å². The molecular weight excluding hydrogens is 196 g/mol. The van der Waals surface area contributed by atoms with Gasteiger partial charge in [0.2, 0.25) is 0 Å². The minimum atomic E-state index is -0.927. The molecule has 5 atom stereocenters. The summed E-state index contributed by atoms with van der Waals surface area (Å²) < 4.78 is 0. The fraction of sp³-hybridized carbons (Fsp3) is 0.818. The summed E-state index contributed by atoms with van der Waals surface area (Å²) in [5.74, 6) is -2.67. The van der Waals surface area contributed by atoms with Gasteiger partial charge in [-0.3, -0.25) is 9.59 Å². The van der Waals surface area contributed by atoms with Crippen LogP contribution in [0.3, 0.4) is 0 Å². The van der Waals surface area contributed by atoms with Gasteiger partial charge in [0.25, 0.3) is 0 Å². The second kappa shape index (κ2) is 3.51. The Morgan fingerprint density at radius 1 is 1.07 bits per heavy atom. The molecule has 84 valence electrons. The van der Waals surface area contributed by atoms with Crippen molar-refractivity contribution >= 4 is 11.9 Å². The van der Waals surface area contributed by atoms with Crippen LogP contribution in [0.1, 0.15) is 26.2 Å². The van der Waals surface area contributed by atoms with E-state index in [1.807, 2.05) is 6.92 Å². The zero-order valence-corrected chi connectivity index (χ0v) is 8.72. The molecule has 0 aliphatic heterocycles. The van der Waals surface area contributed by atoms with Crippen LogP contribution in [0.4, 0.5) is 0 Å². The number of hydrogen-bond donors (Lipinski definition) is 2. The summed E-state index contributed by atoms with van der Waals surface area (Å²) in [5.41, 5.74) is 0. The fourth-order valence-corrected chi connectivity index (χ4v) is 3.57. The minimum Gasteiger partial charge on any atom is -0.481 e. The van der Waals surface area contributed by atoms with E-state index in [2.05, 4.69) is 0 Å². The topological polar surface area (TPSA) is 74.6 Å². The van der Waals surface area contributed by atoms with Gasteiger partial charge in [-0.2, -0.15) is 0 Å². The van der Waals surface area contributed by atoms with Gasteiger partial charge in [-0.15, -0.1) is 0 Å². The largest absolute Gasteiger partial charge is 0.481 e. The third kappa shape index (κ3) is 1.52. The SMILES string of the molecule is CC1CC2CCC1C(C(=O)O)C2C(=O)O. The highest BCUT2D eigenvalue weighted by molar-refractivity contribution is 5.81. The van der Waals surface area contributed by atoms with Crippen LogP contribution < -0.4 is 0 Å². The number of hydrogen-bond acceptors (Lipinski definition) is 2. The van der Waals surface area contributed by atoms with Crippen LogP contribution in [0.15, 0.2) is 0 Å². The third-order valence-electron chi connectivity index (χ3n) is 4.20. The Balaban J connectivity index is 2.31. The van der Waals surface area contributed by atoms with Crippen LogP contribution in [0.25, 0.3) is 0 Å². The highest BCUT2D eigenvalue weighted by Crippen LogP contribution is 2.51. The summed E-state index contributed by atoms with van der Waals surface area (Å²) in [7, 11) is 0. The molecule has 0 aromatic heterocycles. The molecule has 4 nitrogen and oxygen atoms in total. The van der Waals surface area contributed by atoms with Crippen molar-refractivity contribution in [1.82, 2.24) is 0 Å². The lowest BCUT2D eigenvalue weighted by molar-refractivity contribution is -0.168. The van der Waals surface area contributed by atoms with Crippen molar-refractivity contribution in [2.75, 3.05) is 0 Å². The Morgan fingerprint density at radius 3 is 2.13 bits per heavy atom. The Bertz CT molecular complexity index is 299. The molecule has 3 fully saturated rings. The molecule has 3 rings (SSSR count). The molecule has 0 saturated heterocycles. The lowest BCUT2D eigenvalue weighted by atomic mass is 9.55. The normalized spacial score (nSPS) is 43.9. The Morgan fingerprint density at radius 2 is 1.67 bits per heavy atom. The first-order chi connectivity index (χ1) is 7.02. The van der Waals surface area contributed by atoms with Crippen LogP contribution in [-0.2, 0) is 9.59 Å². The van der Waals surface area contributed by atoms with Crippen LogP contribution >= 0.6 is 0 Å². The van der Waals surface area contributed by atoms with E-state index in [0.29, 0.717) is 5.92 Å². The maximum absolute atomic E-state index is 11.1. The van der Waals surface area contributed by atoms with Crippen LogP contribution in [0, 0.1) is 29.6 Å². The average molecular weight is 212 g/mol. The van der Waals surface area contributed by atoms with Crippen molar-refractivity contribution in [2.24, 2.45) is 29.6 Å². The summed E-state index contributed by atoms with van der Waals surface area (Å²) in [5, 5.41) is 18.2. The third-order valence-corrected chi connectivity index (χ3v) is 4.20. The van der Waals surface area contributed by atoms with Gasteiger partial charge in [-0.25, -0.2) is 0 Å². The molecule has 15 heavy (non-hydrogen) atoms. The molecule has 3 aliphatic rings. The number of carbonyl (C=O) groups is 2. The molecular formula is C11H16O4. The van der Waals surface area contributed by atoms with Crippen molar-refractivity contribution < 1.29 is 19.8 Å². The number of fused-ring (bicyclic) bond motifs is 3. The second-order valence-corrected chi connectivity index (χ2v) is 4.94. The summed E-state index contributed by atoms with van der Waals surface area (Å²) in [6, 6.07) is 0. The van der Waals surface area contributed by atoms with Crippen LogP contribution in [0.5, 0.6) is 0 Å². The van der Waals surface area contributed by atoms with E-state index in [-0.39, 0.29) is 11.8 Å². The molecule has 0 heterocycles. The predicted molar refractivity (Wildman–Crippen MR) is 52.2 cm³/mol. The van der Waals surface area contributed by atoms with Gasteiger partial charge in [0.05, 0.1) is 11.8 Å². The molecule has 0 radical (unpaired) electrons. The van der Waals surface area contributed by atoms with Crippen LogP contribution in [0.2, 0.25) is 0 Å². The zero-order valence-electron chi connectivity index (χ0n) is 8.72. The standard InChI is InChI=1S/C11H16O4/c1-5-4-6-2-3-7(5)9(11(14)15)8(6)10(12)13/h5-9H,2-4H2,1H3,(H,12,13)(H,14,15). The summed E-state index contributed by atoms with van der Waals surface area (Å²) in [6.07, 6.45) is 2.65. The second-order valence-electron chi connectivity index (χ2n) is 4.94. The summed E-state index contributed by atoms with van der Waals surface area (Å²) >= 11 is 0. The molecule has 2 N–H and O–H groups in total. The minimum absolute atomic E-state index is 0.0635. The van der Waals surface area contributed by atoms with Gasteiger partial charge in [0.1, 0.15) is 0 Å². The summed E-state index contributed by atoms with van der Waals surface area (Å²) in [6.45, 7) is 2.05. The van der Waals surface area contributed by atoms with Gasteiger partial charge in [0, 0.05) is 0 Å². The van der Waals surface area contributed by atoms with Gasteiger partial charge in [0.15, 0.2) is 0 Å². The van der Waals surface area contributed by atoms with Crippen molar-refractivity contribution in [1.29, 1.82) is 0 Å². The summed E-state index contributed by atoms with van der Waals surface area (Å²) in [4.78, 5) is 22.2. The molecule has 0 aromatic carbocycles. The molecule has 0 amide bonds. The molecule has 0 spiro atoms. The van der Waals surface area contributed by atoms with E-state index in [1.165, 1.54) is 0 Å². The average Bonchev–Trinajstić information content (AvgIpc) is 2.16. The first-order valence-electron chi connectivity index (χ1n) is 5.48. The number of carboxylic acids is 2. The Labute approximate surface area is 88.3 Å². The van der Waals surface area contributed by atoms with Crippen LogP contribution in [-0.4, -0.2) is 22.2 Å². The maximum Gasteiger partial charge on any atom is 0.307 e. The number of carboxylic acid groups (broad SMARTS) is 2. The van der Waals surface area contributed by atoms with E-state index in [0.717, 1.165) is 19.3 Å². The van der Waals surface area contributed by atoms with Crippen molar-refractivity contribution in [3.8, 4) is 0 Å². The van der Waals surface area contributed by atoms with Crippen molar-refractivity contribution in [3.05, 3.63) is 0 Å². The quantitative estimate of drug-likeness (QED) is 0.726. The molecule has 4 heteroatoms. The number of aliphatic carboxylic acids is 2. The Kier molecular flexibility index (Phi) is 2.44. The molecule has 0 aromatic rings. The predicted octanol–water partition coefficient (Wildman–Crippen LogP) is 1.45. The van der Waals surface area contributed by atoms with Crippen molar-refractivity contribution in [2.45, 2.75) is 26.2 Å². The first kappa shape index (κ1) is 10.5. The fourth-order valence-electron chi connectivity index (χ4n) is 3.57. The molecule has 5 unspecified atom stereocenters. The molecule has 3 aliphatic carbocycles. The Hall–Kier alpha value is -1.06. The van der Waals surface area contributed by atoms with Gasteiger partial charge in [-0.05, 0) is 37.0 Å². The van der Waals surface area contributed by atoms with E-state index in [9.17, 15) is 9.59 Å². The monoisotopic (exact) mass is 212 g/mol. The van der Waals surface area contributed by atoms with E-state index in [4.69, 9.17) is 10.2 Å². The highest BCUT2D eigenvalue weighted by atomic mass is 16.4. The van der Waals surface area contributed by atoms with Gasteiger partial charge >= 0.3 is 11.9 Å². The zero-order chi connectivity index (χ0) is 11.2. The lowest BCUT2D eigenvalue weighted by Gasteiger charge is -2.48.